The highest BCUT2D eigenvalue weighted by atomic mass is 16.8. The van der Waals surface area contributed by atoms with Gasteiger partial charge in [0.1, 0.15) is 0 Å². The summed E-state index contributed by atoms with van der Waals surface area (Å²) in [7, 11) is 0. The van der Waals surface area contributed by atoms with Gasteiger partial charge in [0.25, 0.3) is 0 Å². The molecule has 4 nitrogen and oxygen atoms in total. The van der Waals surface area contributed by atoms with Gasteiger partial charge in [-0.15, -0.1) is 5.90 Å². The smallest absolute Gasteiger partial charge is 0.0403 e. The SMILES string of the molecule is N=NON. The quantitative estimate of drug-likeness (QED) is 0.326. The number of nitrogens with zero attached hydrogens (tertiary/aromatic N) is 1. The van der Waals surface area contributed by atoms with Crippen LogP contribution in [0.2, 0.25) is 0 Å². The predicted octanol–water partition coefficient (Wildman–Crippen LogP) is -0.177. The summed E-state index contributed by atoms with van der Waals surface area (Å²) in [5.74, 6) is 4.17. The van der Waals surface area contributed by atoms with Crippen LogP contribution in [0.15, 0.2) is 5.28 Å². The molecule has 0 atom stereocenters. The summed E-state index contributed by atoms with van der Waals surface area (Å²) in [6.07, 6.45) is 0. The third kappa shape index (κ3) is 1.36. The van der Waals surface area contributed by atoms with E-state index in [9.17, 15) is 0 Å². The molecule has 4 heteroatoms. The third-order valence-corrected chi connectivity index (χ3v) is 0.0527. The average molecular weight is 61.0 g/mol. The molecule has 0 aliphatic rings. The summed E-state index contributed by atoms with van der Waals surface area (Å²) < 4.78 is 0. The molecule has 0 heterocycles. The maximum absolute atomic E-state index is 5.73. The summed E-state index contributed by atoms with van der Waals surface area (Å²) in [6.45, 7) is 0. The highest BCUT2D eigenvalue weighted by Gasteiger charge is 1.37. The Kier molecular flexibility index (Phi) is 1.98. The molecule has 0 aliphatic heterocycles. The van der Waals surface area contributed by atoms with Crippen LogP contribution in [0.4, 0.5) is 0 Å². The van der Waals surface area contributed by atoms with Crippen molar-refractivity contribution in [3.63, 3.8) is 0 Å². The minimum Gasteiger partial charge on any atom is -0.283 e. The van der Waals surface area contributed by atoms with Gasteiger partial charge in [0.15, 0.2) is 0 Å². The Morgan fingerprint density at radius 3 is 2.25 bits per heavy atom. The molecule has 0 aromatic heterocycles. The van der Waals surface area contributed by atoms with Crippen molar-refractivity contribution in [2.75, 3.05) is 0 Å². The standard InChI is InChI=1S/H3N3O/c1-3-4-2/h1H,2H2. The van der Waals surface area contributed by atoms with Gasteiger partial charge < -0.3 is 0 Å². The molecule has 0 bridgehead atoms. The van der Waals surface area contributed by atoms with Crippen LogP contribution in [-0.2, 0) is 4.94 Å². The van der Waals surface area contributed by atoms with E-state index >= 15 is 0 Å². The number of hydrogen-bond acceptors (Lipinski definition) is 4. The fourth-order valence-electron chi connectivity index (χ4n) is 0. The van der Waals surface area contributed by atoms with Gasteiger partial charge in [-0.1, -0.05) is 0 Å². The second-order valence-electron chi connectivity index (χ2n) is 0.197. The fourth-order valence-corrected chi connectivity index (χ4v) is 0. The van der Waals surface area contributed by atoms with Crippen molar-refractivity contribution in [3.05, 3.63) is 0 Å². The summed E-state index contributed by atoms with van der Waals surface area (Å²) in [5.41, 5.74) is 5.73. The van der Waals surface area contributed by atoms with Gasteiger partial charge in [-0.3, -0.25) is 4.94 Å². The molecular formula is H3N3O. The molecule has 3 N–H and O–H groups in total. The molecule has 0 spiro atoms. The summed E-state index contributed by atoms with van der Waals surface area (Å²) in [5, 5.41) is 2.26. The molecular weight excluding hydrogens is 58.0 g/mol. The molecule has 0 aromatic carbocycles. The van der Waals surface area contributed by atoms with Crippen molar-refractivity contribution >= 4 is 0 Å². The maximum atomic E-state index is 5.73. The van der Waals surface area contributed by atoms with E-state index in [0.717, 1.165) is 0 Å². The molecule has 0 amide bonds. The van der Waals surface area contributed by atoms with E-state index in [0.29, 0.717) is 0 Å². The van der Waals surface area contributed by atoms with Crippen LogP contribution in [0, 0.1) is 5.53 Å². The third-order valence-electron chi connectivity index (χ3n) is 0.0527. The van der Waals surface area contributed by atoms with Gasteiger partial charge in [-0.25, -0.2) is 0 Å². The van der Waals surface area contributed by atoms with E-state index in [2.05, 4.69) is 16.1 Å². The molecule has 0 saturated carbocycles. The number of rotatable bonds is 1. The second kappa shape index (κ2) is 2.36. The van der Waals surface area contributed by atoms with Gasteiger partial charge in [0.2, 0.25) is 0 Å². The van der Waals surface area contributed by atoms with Crippen LogP contribution in [0.5, 0.6) is 0 Å². The Morgan fingerprint density at radius 1 is 2.00 bits per heavy atom. The topological polar surface area (TPSA) is 71.5 Å². The van der Waals surface area contributed by atoms with Gasteiger partial charge in [-0.05, 0) is 0 Å². The number of nitrogens with one attached hydrogen (secondary N) is 1. The lowest BCUT2D eigenvalue weighted by molar-refractivity contribution is 0.120. The molecule has 0 unspecified atom stereocenters. The first-order valence-electron chi connectivity index (χ1n) is 0.642. The lowest BCUT2D eigenvalue weighted by atomic mass is 13.0. The van der Waals surface area contributed by atoms with Gasteiger partial charge in [0.05, 0.1) is 0 Å². The van der Waals surface area contributed by atoms with Gasteiger partial charge in [0, 0.05) is 5.28 Å². The van der Waals surface area contributed by atoms with Crippen molar-refractivity contribution in [3.8, 4) is 0 Å². The molecule has 0 aromatic rings. The van der Waals surface area contributed by atoms with E-state index in [4.69, 9.17) is 5.53 Å². The van der Waals surface area contributed by atoms with E-state index in [1.54, 1.807) is 0 Å². The Hall–Kier alpha value is -0.640. The van der Waals surface area contributed by atoms with Crippen LogP contribution < -0.4 is 5.90 Å². The van der Waals surface area contributed by atoms with Crippen LogP contribution in [-0.4, -0.2) is 0 Å². The molecule has 24 valence electrons. The van der Waals surface area contributed by atoms with Crippen LogP contribution in [0.1, 0.15) is 0 Å². The van der Waals surface area contributed by atoms with Crippen molar-refractivity contribution in [1.82, 2.24) is 0 Å². The zero-order chi connectivity index (χ0) is 3.41. The minimum absolute atomic E-state index is 2.26. The van der Waals surface area contributed by atoms with Crippen molar-refractivity contribution in [1.29, 1.82) is 5.53 Å². The Balaban J connectivity index is 2.30. The lowest BCUT2D eigenvalue weighted by Crippen LogP contribution is -1.84. The van der Waals surface area contributed by atoms with Crippen molar-refractivity contribution in [2.24, 2.45) is 11.2 Å². The van der Waals surface area contributed by atoms with Crippen molar-refractivity contribution in [2.45, 2.75) is 0 Å². The summed E-state index contributed by atoms with van der Waals surface area (Å²) >= 11 is 0. The largest absolute Gasteiger partial charge is 0.283 e. The van der Waals surface area contributed by atoms with Crippen molar-refractivity contribution < 1.29 is 4.94 Å². The Bertz CT molecular complexity index is 17.2. The molecule has 4 heavy (non-hydrogen) atoms. The first-order chi connectivity index (χ1) is 1.91. The van der Waals surface area contributed by atoms with E-state index in [1.807, 2.05) is 0 Å². The van der Waals surface area contributed by atoms with Gasteiger partial charge in [-0.2, -0.15) is 5.53 Å². The highest BCUT2D eigenvalue weighted by Crippen LogP contribution is 1.45. The Morgan fingerprint density at radius 2 is 2.25 bits per heavy atom. The summed E-state index contributed by atoms with van der Waals surface area (Å²) in [6, 6.07) is 0. The minimum atomic E-state index is 2.26. The fraction of sp³-hybridized carbons (Fsp3) is 0. The first-order valence-corrected chi connectivity index (χ1v) is 0.642. The van der Waals surface area contributed by atoms with Crippen LogP contribution in [0.25, 0.3) is 0 Å². The maximum Gasteiger partial charge on any atom is 0.0403 e. The molecule has 0 rings (SSSR count). The van der Waals surface area contributed by atoms with E-state index < -0.39 is 0 Å². The van der Waals surface area contributed by atoms with Crippen LogP contribution >= 0.6 is 0 Å². The normalized spacial score (nSPS) is 5.25. The number of hydrogen-bond donors (Lipinski definition) is 2. The molecule has 0 radical (unpaired) electrons. The van der Waals surface area contributed by atoms with E-state index in [1.165, 1.54) is 0 Å². The van der Waals surface area contributed by atoms with Gasteiger partial charge >= 0.3 is 0 Å². The number of nitrogens with two attached hydrogens (primary N) is 1. The monoisotopic (exact) mass is 61.0 g/mol. The zero-order valence-corrected chi connectivity index (χ0v) is 1.93. The highest BCUT2D eigenvalue weighted by molar-refractivity contribution is 3.42. The predicted molar refractivity (Wildman–Crippen MR) is 10.4 cm³/mol. The molecule has 0 saturated heterocycles. The van der Waals surface area contributed by atoms with E-state index in [-0.39, 0.29) is 0 Å². The van der Waals surface area contributed by atoms with Crippen LogP contribution in [0.3, 0.4) is 0 Å². The molecule has 0 fully saturated rings. The molecule has 0 aliphatic carbocycles. The second-order valence-corrected chi connectivity index (χ2v) is 0.197. The first kappa shape index (κ1) is 3.36. The lowest BCUT2D eigenvalue weighted by Gasteiger charge is -1.67. The zero-order valence-electron chi connectivity index (χ0n) is 1.93. The average Bonchev–Trinajstić information content (AvgIpc) is 1.37. The Labute approximate surface area is 23.0 Å². The summed E-state index contributed by atoms with van der Waals surface area (Å²) in [4.78, 5) is 3.33.